The minimum atomic E-state index is -0.538. The van der Waals surface area contributed by atoms with Crippen LogP contribution in [-0.4, -0.2) is 21.5 Å². The van der Waals surface area contributed by atoms with Crippen LogP contribution in [-0.2, 0) is 22.6 Å². The van der Waals surface area contributed by atoms with E-state index in [1.54, 1.807) is 16.8 Å². The minimum Gasteiger partial charge on any atom is -0.333 e. The van der Waals surface area contributed by atoms with Gasteiger partial charge in [0.05, 0.1) is 11.8 Å². The number of hydrogen-bond acceptors (Lipinski definition) is 4. The Labute approximate surface area is 179 Å². The van der Waals surface area contributed by atoms with Crippen molar-refractivity contribution >= 4 is 51.8 Å². The summed E-state index contributed by atoms with van der Waals surface area (Å²) < 4.78 is 1.79. The van der Waals surface area contributed by atoms with E-state index in [0.29, 0.717) is 11.3 Å². The molecule has 0 spiro atoms. The summed E-state index contributed by atoms with van der Waals surface area (Å²) in [7, 11) is 0. The van der Waals surface area contributed by atoms with E-state index in [1.165, 1.54) is 4.90 Å². The first-order chi connectivity index (χ1) is 14.5. The molecule has 1 N–H and O–H groups in total. The van der Waals surface area contributed by atoms with Crippen molar-refractivity contribution in [3.8, 4) is 6.07 Å². The van der Waals surface area contributed by atoms with Gasteiger partial charge in [0.25, 0.3) is 11.8 Å². The van der Waals surface area contributed by atoms with E-state index < -0.39 is 11.8 Å². The highest BCUT2D eigenvalue weighted by molar-refractivity contribution is 7.80. The van der Waals surface area contributed by atoms with Crippen molar-refractivity contribution in [3.05, 3.63) is 71.4 Å². The van der Waals surface area contributed by atoms with E-state index in [4.69, 9.17) is 17.5 Å². The lowest BCUT2D eigenvalue weighted by atomic mass is 10.1. The number of fused-ring (bicyclic) bond motifs is 1. The molecule has 0 atom stereocenters. The molecule has 7 heteroatoms. The number of rotatable bonds is 4. The molecule has 0 unspecified atom stereocenters. The van der Waals surface area contributed by atoms with E-state index in [2.05, 4.69) is 18.3 Å². The molecule has 1 aliphatic rings. The molecule has 2 heterocycles. The van der Waals surface area contributed by atoms with Crippen LogP contribution in [0, 0.1) is 11.3 Å². The minimum absolute atomic E-state index is 0.0111. The van der Waals surface area contributed by atoms with Crippen LogP contribution in [0.25, 0.3) is 17.0 Å². The maximum absolute atomic E-state index is 13.2. The van der Waals surface area contributed by atoms with Gasteiger partial charge in [-0.3, -0.25) is 19.8 Å². The maximum atomic E-state index is 13.2. The van der Waals surface area contributed by atoms with Crippen molar-refractivity contribution in [2.24, 2.45) is 0 Å². The number of hydrogen-bond donors (Lipinski definition) is 1. The third-order valence-corrected chi connectivity index (χ3v) is 5.35. The standard InChI is InChI=1S/C23H18N4O2S/c1-2-15-7-9-17(10-8-15)27-22(29)19(21(28)25-23(27)30)13-16-14-26(12-11-24)20-6-4-3-5-18(16)20/h3-10,13-14H,2,12H2,1H3,(H,25,28,30)/b19-13+. The molecule has 1 saturated heterocycles. The van der Waals surface area contributed by atoms with E-state index in [-0.39, 0.29) is 17.2 Å². The fourth-order valence-electron chi connectivity index (χ4n) is 3.53. The van der Waals surface area contributed by atoms with Crippen LogP contribution < -0.4 is 10.2 Å². The summed E-state index contributed by atoms with van der Waals surface area (Å²) in [5.41, 5.74) is 3.27. The normalized spacial score (nSPS) is 15.5. The Balaban J connectivity index is 1.78. The number of anilines is 1. The van der Waals surface area contributed by atoms with Crippen molar-refractivity contribution in [2.45, 2.75) is 19.9 Å². The fraction of sp³-hybridized carbons (Fsp3) is 0.130. The van der Waals surface area contributed by atoms with Gasteiger partial charge in [0.2, 0.25) is 0 Å². The van der Waals surface area contributed by atoms with Crippen LogP contribution in [0.3, 0.4) is 0 Å². The highest BCUT2D eigenvalue weighted by Crippen LogP contribution is 2.27. The Hall–Kier alpha value is -3.76. The molecule has 148 valence electrons. The SMILES string of the molecule is CCc1ccc(N2C(=O)/C(=C/c3cn(CC#N)c4ccccc34)C(=O)NC2=S)cc1. The second-order valence-electron chi connectivity index (χ2n) is 6.87. The molecule has 0 aliphatic carbocycles. The molecule has 0 bridgehead atoms. The fourth-order valence-corrected chi connectivity index (χ4v) is 3.81. The van der Waals surface area contributed by atoms with Crippen molar-refractivity contribution in [3.63, 3.8) is 0 Å². The molecule has 0 radical (unpaired) electrons. The van der Waals surface area contributed by atoms with Gasteiger partial charge in [-0.15, -0.1) is 0 Å². The van der Waals surface area contributed by atoms with Gasteiger partial charge in [0.1, 0.15) is 12.1 Å². The zero-order valence-corrected chi connectivity index (χ0v) is 17.1. The molecule has 6 nitrogen and oxygen atoms in total. The molecule has 2 amide bonds. The van der Waals surface area contributed by atoms with Gasteiger partial charge in [-0.25, -0.2) is 0 Å². The van der Waals surface area contributed by atoms with E-state index >= 15 is 0 Å². The monoisotopic (exact) mass is 414 g/mol. The van der Waals surface area contributed by atoms with Crippen LogP contribution in [0.4, 0.5) is 5.69 Å². The zero-order valence-electron chi connectivity index (χ0n) is 16.3. The molecule has 3 aromatic rings. The third kappa shape index (κ3) is 3.38. The topological polar surface area (TPSA) is 78.1 Å². The van der Waals surface area contributed by atoms with E-state index in [9.17, 15) is 9.59 Å². The number of carbonyl (C=O) groups excluding carboxylic acids is 2. The Bertz CT molecular complexity index is 1250. The van der Waals surface area contributed by atoms with Gasteiger partial charge < -0.3 is 4.57 Å². The number of aromatic nitrogens is 1. The van der Waals surface area contributed by atoms with Crippen LogP contribution in [0.2, 0.25) is 0 Å². The summed E-state index contributed by atoms with van der Waals surface area (Å²) in [5, 5.41) is 12.6. The molecule has 4 rings (SSSR count). The first-order valence-electron chi connectivity index (χ1n) is 9.48. The van der Waals surface area contributed by atoms with Gasteiger partial charge >= 0.3 is 0 Å². The van der Waals surface area contributed by atoms with E-state index in [1.807, 2.05) is 48.5 Å². The first kappa shape index (κ1) is 19.6. The van der Waals surface area contributed by atoms with Crippen LogP contribution in [0.15, 0.2) is 60.3 Å². The second-order valence-corrected chi connectivity index (χ2v) is 7.25. The Kier molecular flexibility index (Phi) is 5.17. The Morgan fingerprint density at radius 3 is 2.57 bits per heavy atom. The van der Waals surface area contributed by atoms with Crippen molar-refractivity contribution in [1.82, 2.24) is 9.88 Å². The predicted molar refractivity (Wildman–Crippen MR) is 120 cm³/mol. The summed E-state index contributed by atoms with van der Waals surface area (Å²) in [6, 6.07) is 17.2. The molecule has 2 aromatic carbocycles. The van der Waals surface area contributed by atoms with Crippen LogP contribution in [0.1, 0.15) is 18.1 Å². The molecule has 1 aliphatic heterocycles. The summed E-state index contributed by atoms with van der Waals surface area (Å²) in [4.78, 5) is 27.1. The maximum Gasteiger partial charge on any atom is 0.270 e. The Morgan fingerprint density at radius 2 is 1.87 bits per heavy atom. The molecule has 1 fully saturated rings. The average Bonchev–Trinajstić information content (AvgIpc) is 3.09. The molecular weight excluding hydrogens is 396 g/mol. The zero-order chi connectivity index (χ0) is 21.3. The van der Waals surface area contributed by atoms with Gasteiger partial charge in [-0.2, -0.15) is 5.26 Å². The van der Waals surface area contributed by atoms with Gasteiger partial charge in [-0.05, 0) is 48.5 Å². The lowest BCUT2D eigenvalue weighted by molar-refractivity contribution is -0.122. The highest BCUT2D eigenvalue weighted by Gasteiger charge is 2.34. The Morgan fingerprint density at radius 1 is 1.13 bits per heavy atom. The number of nitrogens with one attached hydrogen (secondary N) is 1. The lowest BCUT2D eigenvalue weighted by Gasteiger charge is -2.29. The lowest BCUT2D eigenvalue weighted by Crippen LogP contribution is -2.54. The average molecular weight is 414 g/mol. The second kappa shape index (κ2) is 7.93. The number of benzene rings is 2. The summed E-state index contributed by atoms with van der Waals surface area (Å²) >= 11 is 5.26. The van der Waals surface area contributed by atoms with Gasteiger partial charge in [0, 0.05) is 22.7 Å². The number of aryl methyl sites for hydroxylation is 1. The molecule has 30 heavy (non-hydrogen) atoms. The smallest absolute Gasteiger partial charge is 0.270 e. The van der Waals surface area contributed by atoms with Crippen LogP contribution >= 0.6 is 12.2 Å². The number of carbonyl (C=O) groups is 2. The largest absolute Gasteiger partial charge is 0.333 e. The quantitative estimate of drug-likeness (QED) is 0.402. The summed E-state index contributed by atoms with van der Waals surface area (Å²) in [6.45, 7) is 2.22. The number of thiocarbonyl (C=S) groups is 1. The number of nitriles is 1. The number of nitrogens with zero attached hydrogens (tertiary/aromatic N) is 3. The van der Waals surface area contributed by atoms with E-state index in [0.717, 1.165) is 22.9 Å². The van der Waals surface area contributed by atoms with Gasteiger partial charge in [0.15, 0.2) is 5.11 Å². The summed E-state index contributed by atoms with van der Waals surface area (Å²) in [6.07, 6.45) is 4.21. The van der Waals surface area contributed by atoms with Gasteiger partial charge in [-0.1, -0.05) is 37.3 Å². The third-order valence-electron chi connectivity index (χ3n) is 5.06. The highest BCUT2D eigenvalue weighted by atomic mass is 32.1. The number of amides is 2. The van der Waals surface area contributed by atoms with Crippen molar-refractivity contribution < 1.29 is 9.59 Å². The first-order valence-corrected chi connectivity index (χ1v) is 9.89. The molecular formula is C23H18N4O2S. The van der Waals surface area contributed by atoms with Crippen LogP contribution in [0.5, 0.6) is 0 Å². The predicted octanol–water partition coefficient (Wildman–Crippen LogP) is 3.56. The van der Waals surface area contributed by atoms with Crippen molar-refractivity contribution in [1.29, 1.82) is 5.26 Å². The number of para-hydroxylation sites is 1. The molecule has 1 aromatic heterocycles. The summed E-state index contributed by atoms with van der Waals surface area (Å²) in [5.74, 6) is -1.02. The van der Waals surface area contributed by atoms with Crippen molar-refractivity contribution in [2.75, 3.05) is 4.90 Å². The molecule has 0 saturated carbocycles.